The molecule has 0 aliphatic carbocycles. The van der Waals surface area contributed by atoms with E-state index in [-0.39, 0.29) is 11.9 Å². The molecule has 0 saturated carbocycles. The highest BCUT2D eigenvalue weighted by Crippen LogP contribution is 2.24. The Balaban J connectivity index is 1.58. The van der Waals surface area contributed by atoms with Crippen LogP contribution in [0.3, 0.4) is 0 Å². The summed E-state index contributed by atoms with van der Waals surface area (Å²) >= 11 is 0. The third-order valence-electron chi connectivity index (χ3n) is 4.71. The van der Waals surface area contributed by atoms with E-state index in [4.69, 9.17) is 4.74 Å². The molecule has 0 bridgehead atoms. The summed E-state index contributed by atoms with van der Waals surface area (Å²) in [6, 6.07) is 6.57. The number of hydrogen-bond acceptors (Lipinski definition) is 5. The molecule has 1 fully saturated rings. The molecule has 144 valence electrons. The number of nitrogens with one attached hydrogen (secondary N) is 1. The van der Waals surface area contributed by atoms with Gasteiger partial charge in [-0.15, -0.1) is 0 Å². The summed E-state index contributed by atoms with van der Waals surface area (Å²) in [5, 5.41) is 6.86. The van der Waals surface area contributed by atoms with Crippen LogP contribution in [-0.2, 0) is 18.3 Å². The molecule has 0 spiro atoms. The zero-order valence-corrected chi connectivity index (χ0v) is 15.8. The van der Waals surface area contributed by atoms with Crippen molar-refractivity contribution in [1.82, 2.24) is 25.0 Å². The molecule has 3 rings (SSSR count). The predicted octanol–water partition coefficient (Wildman–Crippen LogP) is 0.813. The quantitative estimate of drug-likeness (QED) is 0.839. The fourth-order valence-electron chi connectivity index (χ4n) is 3.11. The first-order valence-corrected chi connectivity index (χ1v) is 8.84. The van der Waals surface area contributed by atoms with Crippen molar-refractivity contribution < 1.29 is 14.3 Å². The summed E-state index contributed by atoms with van der Waals surface area (Å²) in [5.74, 6) is 1.37. The number of benzene rings is 1. The van der Waals surface area contributed by atoms with E-state index in [9.17, 15) is 9.59 Å². The van der Waals surface area contributed by atoms with Gasteiger partial charge in [-0.05, 0) is 19.1 Å². The summed E-state index contributed by atoms with van der Waals surface area (Å²) < 4.78 is 6.90. The monoisotopic (exact) mass is 372 g/mol. The number of aromatic nitrogens is 3. The lowest BCUT2D eigenvalue weighted by Gasteiger charge is -2.39. The van der Waals surface area contributed by atoms with E-state index in [2.05, 4.69) is 15.4 Å². The molecule has 1 aliphatic rings. The Hall–Kier alpha value is -3.10. The van der Waals surface area contributed by atoms with E-state index in [1.165, 1.54) is 6.33 Å². The van der Waals surface area contributed by atoms with Crippen LogP contribution in [0.4, 0.5) is 10.5 Å². The highest BCUT2D eigenvalue weighted by atomic mass is 16.5. The van der Waals surface area contributed by atoms with Crippen molar-refractivity contribution in [3.05, 3.63) is 36.4 Å². The normalized spacial score (nSPS) is 17.1. The fraction of sp³-hybridized carbons (Fsp3) is 0.444. The smallest absolute Gasteiger partial charge is 0.318 e. The van der Waals surface area contributed by atoms with Gasteiger partial charge in [-0.3, -0.25) is 9.48 Å². The lowest BCUT2D eigenvalue weighted by molar-refractivity contribution is -0.124. The predicted molar refractivity (Wildman–Crippen MR) is 99.6 cm³/mol. The Bertz CT molecular complexity index is 821. The van der Waals surface area contributed by atoms with Crippen molar-refractivity contribution in [3.63, 3.8) is 0 Å². The van der Waals surface area contributed by atoms with Crippen LogP contribution < -0.4 is 15.0 Å². The number of amides is 3. The van der Waals surface area contributed by atoms with Gasteiger partial charge in [-0.25, -0.2) is 9.78 Å². The molecule has 1 aliphatic heterocycles. The number of urea groups is 1. The first kappa shape index (κ1) is 18.7. The zero-order chi connectivity index (χ0) is 19.4. The average Bonchev–Trinajstić information content (AvgIpc) is 3.08. The largest absolute Gasteiger partial charge is 0.497 e. The number of rotatable bonds is 5. The maximum atomic E-state index is 12.8. The van der Waals surface area contributed by atoms with Crippen molar-refractivity contribution in [3.8, 4) is 5.75 Å². The lowest BCUT2D eigenvalue weighted by atomic mass is 10.1. The van der Waals surface area contributed by atoms with Crippen LogP contribution in [0.25, 0.3) is 0 Å². The summed E-state index contributed by atoms with van der Waals surface area (Å²) in [5.41, 5.74) is 0.772. The van der Waals surface area contributed by atoms with E-state index in [0.29, 0.717) is 31.8 Å². The van der Waals surface area contributed by atoms with E-state index in [1.54, 1.807) is 28.5 Å². The van der Waals surface area contributed by atoms with E-state index < -0.39 is 6.04 Å². The van der Waals surface area contributed by atoms with Crippen LogP contribution in [0, 0.1) is 0 Å². The van der Waals surface area contributed by atoms with Gasteiger partial charge >= 0.3 is 6.03 Å². The number of methoxy groups -OCH3 is 1. The number of aryl methyl sites for hydroxylation is 1. The van der Waals surface area contributed by atoms with E-state index >= 15 is 0 Å². The number of ether oxygens (including phenoxy) is 1. The molecule has 0 radical (unpaired) electrons. The molecule has 9 nitrogen and oxygen atoms in total. The van der Waals surface area contributed by atoms with Gasteiger partial charge in [0.15, 0.2) is 0 Å². The van der Waals surface area contributed by atoms with Gasteiger partial charge < -0.3 is 19.9 Å². The molecular formula is C18H24N6O3. The Kier molecular flexibility index (Phi) is 5.58. The van der Waals surface area contributed by atoms with Crippen molar-refractivity contribution >= 4 is 17.6 Å². The standard InChI is InChI=1S/C18H24N6O3/c1-13-17(25)24(14-5-4-6-15(11-14)27-3)10-9-23(13)18(26)19-8-7-16-20-12-21-22(16)2/h4-6,11-13H,7-10H2,1-3H3,(H,19,26)/t13-/m0/s1. The Labute approximate surface area is 157 Å². The van der Waals surface area contributed by atoms with Crippen LogP contribution in [0.1, 0.15) is 12.7 Å². The summed E-state index contributed by atoms with van der Waals surface area (Å²) in [6.45, 7) is 3.08. The molecule has 1 aromatic carbocycles. The number of piperazine rings is 1. The highest BCUT2D eigenvalue weighted by Gasteiger charge is 2.35. The molecule has 1 N–H and O–H groups in total. The minimum atomic E-state index is -0.542. The molecule has 0 unspecified atom stereocenters. The molecule has 1 aromatic heterocycles. The Morgan fingerprint density at radius 3 is 2.89 bits per heavy atom. The lowest BCUT2D eigenvalue weighted by Crippen LogP contribution is -2.59. The second-order valence-corrected chi connectivity index (χ2v) is 6.34. The van der Waals surface area contributed by atoms with Gasteiger partial charge in [-0.2, -0.15) is 5.10 Å². The zero-order valence-electron chi connectivity index (χ0n) is 15.8. The fourth-order valence-corrected chi connectivity index (χ4v) is 3.11. The Morgan fingerprint density at radius 2 is 2.19 bits per heavy atom. The maximum absolute atomic E-state index is 12.8. The first-order chi connectivity index (χ1) is 13.0. The molecule has 1 saturated heterocycles. The van der Waals surface area contributed by atoms with Crippen LogP contribution >= 0.6 is 0 Å². The molecule has 1 atom stereocenters. The van der Waals surface area contributed by atoms with Crippen LogP contribution in [0.5, 0.6) is 5.75 Å². The number of anilines is 1. The number of carbonyl (C=O) groups is 2. The molecular weight excluding hydrogens is 348 g/mol. The molecule has 3 amide bonds. The van der Waals surface area contributed by atoms with Crippen LogP contribution in [-0.4, -0.2) is 64.4 Å². The van der Waals surface area contributed by atoms with Gasteiger partial charge in [0.25, 0.3) is 0 Å². The van der Waals surface area contributed by atoms with E-state index in [1.807, 2.05) is 31.3 Å². The average molecular weight is 372 g/mol. The van der Waals surface area contributed by atoms with Gasteiger partial charge in [0.1, 0.15) is 23.9 Å². The number of hydrogen-bond donors (Lipinski definition) is 1. The third kappa shape index (κ3) is 4.02. The Morgan fingerprint density at radius 1 is 1.37 bits per heavy atom. The number of carbonyl (C=O) groups excluding carboxylic acids is 2. The summed E-state index contributed by atoms with van der Waals surface area (Å²) in [6.07, 6.45) is 2.06. The molecule has 2 heterocycles. The van der Waals surface area contributed by atoms with Crippen molar-refractivity contribution in [1.29, 1.82) is 0 Å². The number of nitrogens with zero attached hydrogens (tertiary/aromatic N) is 5. The van der Waals surface area contributed by atoms with Gasteiger partial charge in [-0.1, -0.05) is 6.07 Å². The maximum Gasteiger partial charge on any atom is 0.318 e. The SMILES string of the molecule is COc1cccc(N2CCN(C(=O)NCCc3ncnn3C)[C@@H](C)C2=O)c1. The van der Waals surface area contributed by atoms with Gasteiger partial charge in [0.2, 0.25) is 5.91 Å². The topological polar surface area (TPSA) is 92.6 Å². The van der Waals surface area contributed by atoms with Crippen LogP contribution in [0.2, 0.25) is 0 Å². The van der Waals surface area contributed by atoms with Crippen molar-refractivity contribution in [2.75, 3.05) is 31.6 Å². The van der Waals surface area contributed by atoms with Crippen molar-refractivity contribution in [2.24, 2.45) is 7.05 Å². The minimum absolute atomic E-state index is 0.113. The highest BCUT2D eigenvalue weighted by molar-refractivity contribution is 6.00. The summed E-state index contributed by atoms with van der Waals surface area (Å²) in [7, 11) is 3.40. The van der Waals surface area contributed by atoms with E-state index in [0.717, 1.165) is 11.5 Å². The van der Waals surface area contributed by atoms with Gasteiger partial charge in [0, 0.05) is 44.9 Å². The molecule has 9 heteroatoms. The third-order valence-corrected chi connectivity index (χ3v) is 4.71. The summed E-state index contributed by atoms with van der Waals surface area (Å²) in [4.78, 5) is 32.7. The second kappa shape index (κ2) is 8.07. The van der Waals surface area contributed by atoms with Gasteiger partial charge in [0.05, 0.1) is 7.11 Å². The van der Waals surface area contributed by atoms with Crippen LogP contribution in [0.15, 0.2) is 30.6 Å². The molecule has 2 aromatic rings. The molecule has 27 heavy (non-hydrogen) atoms. The first-order valence-electron chi connectivity index (χ1n) is 8.84. The second-order valence-electron chi connectivity index (χ2n) is 6.34. The van der Waals surface area contributed by atoms with Crippen molar-refractivity contribution in [2.45, 2.75) is 19.4 Å². The minimum Gasteiger partial charge on any atom is -0.497 e.